The molecule has 0 aromatic rings. The van der Waals surface area contributed by atoms with Gasteiger partial charge in [-0.3, -0.25) is 14.9 Å². The summed E-state index contributed by atoms with van der Waals surface area (Å²) in [5, 5.41) is 3.05. The van der Waals surface area contributed by atoms with Gasteiger partial charge >= 0.3 is 11.9 Å². The number of esters is 2. The number of nitrogens with one attached hydrogen (secondary N) is 1. The summed E-state index contributed by atoms with van der Waals surface area (Å²) in [5.74, 6) is -0.821. The molecule has 0 rings (SSSR count). The molecule has 0 aromatic heterocycles. The van der Waals surface area contributed by atoms with Crippen molar-refractivity contribution in [2.45, 2.75) is 52.6 Å². The first-order valence-corrected chi connectivity index (χ1v) is 5.90. The molecule has 0 aliphatic rings. The quantitative estimate of drug-likeness (QED) is 0.714. The lowest BCUT2D eigenvalue weighted by Gasteiger charge is -2.26. The van der Waals surface area contributed by atoms with Gasteiger partial charge in [0.2, 0.25) is 0 Å². The van der Waals surface area contributed by atoms with Gasteiger partial charge in [0.15, 0.2) is 0 Å². The molecule has 5 heteroatoms. The fourth-order valence-corrected chi connectivity index (χ4v) is 1.35. The second-order valence-electron chi connectivity index (χ2n) is 4.71. The first-order valence-electron chi connectivity index (χ1n) is 5.90. The SMILES string of the molecule is CCOC(=O)CC(NC(C)(C)C)C(=O)OCC. The van der Waals surface area contributed by atoms with E-state index >= 15 is 0 Å². The Kier molecular flexibility index (Phi) is 6.80. The predicted octanol–water partition coefficient (Wildman–Crippen LogP) is 1.26. The zero-order valence-electron chi connectivity index (χ0n) is 11.3. The average Bonchev–Trinajstić information content (AvgIpc) is 2.15. The average molecular weight is 245 g/mol. The molecule has 0 saturated heterocycles. The molecule has 0 aliphatic carbocycles. The maximum Gasteiger partial charge on any atom is 0.323 e. The maximum absolute atomic E-state index is 11.7. The molecule has 100 valence electrons. The summed E-state index contributed by atoms with van der Waals surface area (Å²) < 4.78 is 9.75. The highest BCUT2D eigenvalue weighted by Gasteiger charge is 2.27. The normalized spacial score (nSPS) is 13.0. The molecule has 0 heterocycles. The van der Waals surface area contributed by atoms with Crippen LogP contribution in [-0.2, 0) is 19.1 Å². The molecule has 5 nitrogen and oxygen atoms in total. The van der Waals surface area contributed by atoms with Crippen molar-refractivity contribution in [1.82, 2.24) is 5.32 Å². The molecule has 1 unspecified atom stereocenters. The van der Waals surface area contributed by atoms with Crippen LogP contribution in [0.1, 0.15) is 41.0 Å². The van der Waals surface area contributed by atoms with Gasteiger partial charge in [0.05, 0.1) is 19.6 Å². The van der Waals surface area contributed by atoms with Gasteiger partial charge in [0.25, 0.3) is 0 Å². The van der Waals surface area contributed by atoms with Gasteiger partial charge in [-0.15, -0.1) is 0 Å². The zero-order valence-corrected chi connectivity index (χ0v) is 11.3. The Morgan fingerprint density at radius 2 is 1.65 bits per heavy atom. The van der Waals surface area contributed by atoms with Crippen molar-refractivity contribution in [1.29, 1.82) is 0 Å². The molecule has 0 aromatic carbocycles. The number of hydrogen-bond donors (Lipinski definition) is 1. The summed E-state index contributed by atoms with van der Waals surface area (Å²) in [4.78, 5) is 23.0. The monoisotopic (exact) mass is 245 g/mol. The van der Waals surface area contributed by atoms with Crippen LogP contribution in [0.15, 0.2) is 0 Å². The molecule has 0 radical (unpaired) electrons. The van der Waals surface area contributed by atoms with Gasteiger partial charge in [0.1, 0.15) is 6.04 Å². The lowest BCUT2D eigenvalue weighted by atomic mass is 10.1. The van der Waals surface area contributed by atoms with Gasteiger partial charge in [-0.1, -0.05) is 0 Å². The minimum absolute atomic E-state index is 0.00998. The standard InChI is InChI=1S/C12H23NO4/c1-6-16-10(14)8-9(11(15)17-7-2)13-12(3,4)5/h9,13H,6-8H2,1-5H3. The molecule has 1 N–H and O–H groups in total. The van der Waals surface area contributed by atoms with Crippen molar-refractivity contribution in [3.63, 3.8) is 0 Å². The summed E-state index contributed by atoms with van der Waals surface area (Å²) in [6, 6.07) is -0.658. The van der Waals surface area contributed by atoms with Crippen LogP contribution in [0.5, 0.6) is 0 Å². The Bertz CT molecular complexity index is 258. The van der Waals surface area contributed by atoms with Crippen LogP contribution in [0.3, 0.4) is 0 Å². The van der Waals surface area contributed by atoms with E-state index in [-0.39, 0.29) is 12.0 Å². The van der Waals surface area contributed by atoms with Crippen LogP contribution in [0, 0.1) is 0 Å². The Morgan fingerprint density at radius 1 is 1.12 bits per heavy atom. The van der Waals surface area contributed by atoms with Crippen molar-refractivity contribution in [2.75, 3.05) is 13.2 Å². The molecule has 0 spiro atoms. The smallest absolute Gasteiger partial charge is 0.323 e. The summed E-state index contributed by atoms with van der Waals surface area (Å²) >= 11 is 0. The molecule has 1 atom stereocenters. The Labute approximate surface area is 103 Å². The van der Waals surface area contributed by atoms with Crippen LogP contribution >= 0.6 is 0 Å². The third-order valence-electron chi connectivity index (χ3n) is 1.85. The molecular formula is C12H23NO4. The van der Waals surface area contributed by atoms with Crippen LogP contribution in [0.2, 0.25) is 0 Å². The van der Waals surface area contributed by atoms with Gasteiger partial charge in [-0.05, 0) is 34.6 Å². The second kappa shape index (κ2) is 7.27. The van der Waals surface area contributed by atoms with Crippen molar-refractivity contribution in [3.8, 4) is 0 Å². The Balaban J connectivity index is 4.50. The summed E-state index contributed by atoms with van der Waals surface area (Å²) in [6.07, 6.45) is -0.00998. The van der Waals surface area contributed by atoms with E-state index in [2.05, 4.69) is 5.32 Å². The number of hydrogen-bond acceptors (Lipinski definition) is 5. The van der Waals surface area contributed by atoms with Crippen molar-refractivity contribution in [3.05, 3.63) is 0 Å². The third-order valence-corrected chi connectivity index (χ3v) is 1.85. The van der Waals surface area contributed by atoms with Crippen LogP contribution in [-0.4, -0.2) is 36.7 Å². The maximum atomic E-state index is 11.7. The van der Waals surface area contributed by atoms with E-state index in [1.165, 1.54) is 0 Å². The Hall–Kier alpha value is -1.10. The highest BCUT2D eigenvalue weighted by molar-refractivity contribution is 5.82. The van der Waals surface area contributed by atoms with E-state index in [9.17, 15) is 9.59 Å². The minimum atomic E-state index is -0.658. The highest BCUT2D eigenvalue weighted by Crippen LogP contribution is 2.06. The first-order chi connectivity index (χ1) is 7.80. The Morgan fingerprint density at radius 3 is 2.06 bits per heavy atom. The van der Waals surface area contributed by atoms with Gasteiger partial charge in [-0.25, -0.2) is 0 Å². The van der Waals surface area contributed by atoms with Gasteiger partial charge in [0, 0.05) is 5.54 Å². The number of carbonyl (C=O) groups excluding carboxylic acids is 2. The van der Waals surface area contributed by atoms with E-state index in [1.54, 1.807) is 13.8 Å². The molecule has 17 heavy (non-hydrogen) atoms. The second-order valence-corrected chi connectivity index (χ2v) is 4.71. The lowest BCUT2D eigenvalue weighted by Crippen LogP contribution is -2.49. The minimum Gasteiger partial charge on any atom is -0.466 e. The topological polar surface area (TPSA) is 64.6 Å². The van der Waals surface area contributed by atoms with E-state index in [1.807, 2.05) is 20.8 Å². The zero-order chi connectivity index (χ0) is 13.5. The molecule has 0 saturated carbocycles. The summed E-state index contributed by atoms with van der Waals surface area (Å²) in [6.45, 7) is 9.83. The van der Waals surface area contributed by atoms with E-state index in [0.29, 0.717) is 13.2 Å². The predicted molar refractivity (Wildman–Crippen MR) is 64.6 cm³/mol. The number of ether oxygens (including phenoxy) is 2. The van der Waals surface area contributed by atoms with E-state index in [0.717, 1.165) is 0 Å². The van der Waals surface area contributed by atoms with Gasteiger partial charge < -0.3 is 9.47 Å². The van der Waals surface area contributed by atoms with Crippen LogP contribution < -0.4 is 5.32 Å². The fraction of sp³-hybridized carbons (Fsp3) is 0.833. The van der Waals surface area contributed by atoms with Gasteiger partial charge in [-0.2, -0.15) is 0 Å². The summed E-state index contributed by atoms with van der Waals surface area (Å²) in [5.41, 5.74) is -0.274. The van der Waals surface area contributed by atoms with E-state index < -0.39 is 18.0 Å². The first kappa shape index (κ1) is 15.9. The molecule has 0 bridgehead atoms. The third kappa shape index (κ3) is 7.74. The van der Waals surface area contributed by atoms with Crippen LogP contribution in [0.4, 0.5) is 0 Å². The van der Waals surface area contributed by atoms with Crippen molar-refractivity contribution in [2.24, 2.45) is 0 Å². The van der Waals surface area contributed by atoms with E-state index in [4.69, 9.17) is 9.47 Å². The molecular weight excluding hydrogens is 222 g/mol. The fourth-order valence-electron chi connectivity index (χ4n) is 1.35. The molecule has 0 amide bonds. The summed E-state index contributed by atoms with van der Waals surface area (Å²) in [7, 11) is 0. The number of carbonyl (C=O) groups is 2. The van der Waals surface area contributed by atoms with Crippen LogP contribution in [0.25, 0.3) is 0 Å². The van der Waals surface area contributed by atoms with Crippen molar-refractivity contribution >= 4 is 11.9 Å². The molecule has 0 aliphatic heterocycles. The largest absolute Gasteiger partial charge is 0.466 e. The number of rotatable bonds is 6. The lowest BCUT2D eigenvalue weighted by molar-refractivity contribution is -0.152. The molecule has 0 fully saturated rings. The highest BCUT2D eigenvalue weighted by atomic mass is 16.5. The van der Waals surface area contributed by atoms with Crippen molar-refractivity contribution < 1.29 is 19.1 Å².